The fourth-order valence-corrected chi connectivity index (χ4v) is 8.92. The molecule has 3 aromatic carbocycles. The van der Waals surface area contributed by atoms with Crippen LogP contribution in [0.15, 0.2) is 79.0 Å². The molecule has 1 unspecified atom stereocenters. The van der Waals surface area contributed by atoms with Gasteiger partial charge in [-0.25, -0.2) is 18.7 Å². The van der Waals surface area contributed by atoms with Crippen molar-refractivity contribution in [1.82, 2.24) is 25.5 Å². The lowest BCUT2D eigenvalue weighted by molar-refractivity contribution is -0.133. The number of hydrogen-bond acceptors (Lipinski definition) is 9. The Morgan fingerprint density at radius 3 is 2.18 bits per heavy atom. The van der Waals surface area contributed by atoms with Crippen LogP contribution in [0, 0.1) is 17.6 Å². The van der Waals surface area contributed by atoms with E-state index in [0.29, 0.717) is 35.3 Å². The molecule has 0 spiro atoms. The molecular weight excluding hydrogens is 727 g/mol. The van der Waals surface area contributed by atoms with Crippen molar-refractivity contribution in [2.45, 2.75) is 88.4 Å². The van der Waals surface area contributed by atoms with Gasteiger partial charge < -0.3 is 20.9 Å². The van der Waals surface area contributed by atoms with Crippen LogP contribution >= 0.6 is 0 Å². The first-order valence-corrected chi connectivity index (χ1v) is 20.4. The van der Waals surface area contributed by atoms with Crippen molar-refractivity contribution in [2.24, 2.45) is 5.92 Å². The van der Waals surface area contributed by atoms with Crippen molar-refractivity contribution in [3.8, 4) is 22.4 Å². The van der Waals surface area contributed by atoms with Crippen molar-refractivity contribution < 1.29 is 23.2 Å². The third kappa shape index (κ3) is 9.25. The van der Waals surface area contributed by atoms with E-state index in [0.717, 1.165) is 88.7 Å². The summed E-state index contributed by atoms with van der Waals surface area (Å²) in [5.74, 6) is -0.958. The highest BCUT2D eigenvalue weighted by atomic mass is 19.1. The standard InChI is InChI=1S/C44H50F2N8O3/c45-36-26-34(48-38-18-20-40(55)51-43(38)57)15-19-39(36)54-23-21-53(22-24-54)35-16-13-32(14-17-35)49-42(56)29-9-11-33(12-10-29)50-44-47-27-37(46)41(52-44)31-8-4-7-30(25-31)28-5-2-1-3-6-28/h1-8,15,19,25-27,29,32-33,35,38,48H,9-14,16-18,20-24H2,(H,49,56)(H,47,50,52)(H,51,55,57). The van der Waals surface area contributed by atoms with Gasteiger partial charge in [-0.2, -0.15) is 0 Å². The molecule has 4 fully saturated rings. The molecule has 57 heavy (non-hydrogen) atoms. The highest BCUT2D eigenvalue weighted by Crippen LogP contribution is 2.32. The van der Waals surface area contributed by atoms with Crippen molar-refractivity contribution in [3.63, 3.8) is 0 Å². The third-order valence-electron chi connectivity index (χ3n) is 12.2. The van der Waals surface area contributed by atoms with Gasteiger partial charge in [0.05, 0.1) is 11.9 Å². The van der Waals surface area contributed by atoms with Gasteiger partial charge in [0.2, 0.25) is 23.7 Å². The van der Waals surface area contributed by atoms with Gasteiger partial charge in [-0.05, 0) is 93.2 Å². The maximum atomic E-state index is 15.2. The second-order valence-corrected chi connectivity index (χ2v) is 15.9. The maximum Gasteiger partial charge on any atom is 0.249 e. The molecule has 0 bridgehead atoms. The van der Waals surface area contributed by atoms with Gasteiger partial charge >= 0.3 is 0 Å². The predicted molar refractivity (Wildman–Crippen MR) is 216 cm³/mol. The highest BCUT2D eigenvalue weighted by molar-refractivity contribution is 6.01. The van der Waals surface area contributed by atoms with Crippen LogP contribution in [-0.2, 0) is 14.4 Å². The zero-order chi connectivity index (χ0) is 39.3. The summed E-state index contributed by atoms with van der Waals surface area (Å²) in [4.78, 5) is 50.3. The van der Waals surface area contributed by atoms with Gasteiger partial charge in [-0.3, -0.25) is 24.6 Å². The number of nitrogens with one attached hydrogen (secondary N) is 4. The Kier molecular flexibility index (Phi) is 11.7. The topological polar surface area (TPSA) is 132 Å². The molecule has 2 saturated carbocycles. The average molecular weight is 777 g/mol. The maximum absolute atomic E-state index is 15.2. The number of piperidine rings is 1. The summed E-state index contributed by atoms with van der Waals surface area (Å²) >= 11 is 0. The number of halogens is 2. The second kappa shape index (κ2) is 17.4. The molecule has 2 saturated heterocycles. The van der Waals surface area contributed by atoms with Crippen LogP contribution in [0.3, 0.4) is 0 Å². The van der Waals surface area contributed by atoms with E-state index in [1.165, 1.54) is 12.3 Å². The zero-order valence-electron chi connectivity index (χ0n) is 32.1. The van der Waals surface area contributed by atoms with E-state index >= 15 is 4.39 Å². The molecule has 11 nitrogen and oxygen atoms in total. The summed E-state index contributed by atoms with van der Waals surface area (Å²) in [7, 11) is 0. The third-order valence-corrected chi connectivity index (χ3v) is 12.2. The molecule has 4 aromatic rings. The van der Waals surface area contributed by atoms with Crippen LogP contribution in [0.2, 0.25) is 0 Å². The van der Waals surface area contributed by atoms with E-state index in [1.54, 1.807) is 12.1 Å². The Morgan fingerprint density at radius 2 is 1.44 bits per heavy atom. The number of rotatable bonds is 10. The molecule has 8 rings (SSSR count). The molecule has 2 aliphatic carbocycles. The van der Waals surface area contributed by atoms with E-state index in [1.807, 2.05) is 54.6 Å². The minimum absolute atomic E-state index is 0.0260. The van der Waals surface area contributed by atoms with Crippen LogP contribution in [0.25, 0.3) is 22.4 Å². The van der Waals surface area contributed by atoms with E-state index in [2.05, 4.69) is 41.0 Å². The number of anilines is 3. The molecule has 1 atom stereocenters. The fraction of sp³-hybridized carbons (Fsp3) is 0.432. The number of imide groups is 1. The summed E-state index contributed by atoms with van der Waals surface area (Å²) in [6.07, 6.45) is 8.97. The molecular formula is C44H50F2N8O3. The SMILES string of the molecule is O=C1CCC(Nc2ccc(N3CCN(C4CCC(NC(=O)C5CCC(Nc6ncc(F)c(-c7cccc(-c8ccccc8)c7)n6)CC5)CC4)CC3)c(F)c2)C(=O)N1. The Bertz CT molecular complexity index is 2060. The summed E-state index contributed by atoms with van der Waals surface area (Å²) in [5.41, 5.74) is 4.06. The second-order valence-electron chi connectivity index (χ2n) is 15.9. The van der Waals surface area contributed by atoms with Crippen molar-refractivity contribution >= 4 is 35.0 Å². The normalized spacial score (nSPS) is 24.4. The van der Waals surface area contributed by atoms with Crippen LogP contribution in [-0.4, -0.2) is 82.9 Å². The summed E-state index contributed by atoms with van der Waals surface area (Å²) in [6.45, 7) is 3.14. The monoisotopic (exact) mass is 776 g/mol. The number of benzene rings is 3. The molecule has 0 radical (unpaired) electrons. The number of carbonyl (C=O) groups is 3. The Labute approximate surface area is 332 Å². The van der Waals surface area contributed by atoms with Gasteiger partial charge in [0.1, 0.15) is 17.6 Å². The van der Waals surface area contributed by atoms with Gasteiger partial charge in [0.15, 0.2) is 5.82 Å². The minimum Gasteiger partial charge on any atom is -0.374 e. The molecule has 4 aliphatic rings. The lowest BCUT2D eigenvalue weighted by atomic mass is 9.84. The van der Waals surface area contributed by atoms with Gasteiger partial charge in [-0.15, -0.1) is 0 Å². The van der Waals surface area contributed by atoms with Crippen LogP contribution in [0.5, 0.6) is 0 Å². The Balaban J connectivity index is 0.755. The highest BCUT2D eigenvalue weighted by Gasteiger charge is 2.33. The first-order chi connectivity index (χ1) is 27.8. The molecule has 2 aliphatic heterocycles. The average Bonchev–Trinajstić information content (AvgIpc) is 3.24. The van der Waals surface area contributed by atoms with E-state index in [-0.39, 0.29) is 53.7 Å². The van der Waals surface area contributed by atoms with Crippen LogP contribution in [0.4, 0.5) is 26.1 Å². The van der Waals surface area contributed by atoms with Crippen LogP contribution < -0.4 is 26.2 Å². The molecule has 4 N–H and O–H groups in total. The number of hydrogen-bond donors (Lipinski definition) is 4. The lowest BCUT2D eigenvalue weighted by Gasteiger charge is -2.43. The van der Waals surface area contributed by atoms with E-state index in [4.69, 9.17) is 0 Å². The van der Waals surface area contributed by atoms with Gasteiger partial charge in [0.25, 0.3) is 0 Å². The number of piperazine rings is 1. The lowest BCUT2D eigenvalue weighted by Crippen LogP contribution is -2.52. The largest absolute Gasteiger partial charge is 0.374 e. The molecule has 3 amide bonds. The Hall–Kier alpha value is -5.43. The summed E-state index contributed by atoms with van der Waals surface area (Å²) in [5, 5.41) is 12.1. The molecule has 298 valence electrons. The van der Waals surface area contributed by atoms with Gasteiger partial charge in [0, 0.05) is 67.9 Å². The number of nitrogens with zero attached hydrogens (tertiary/aromatic N) is 4. The van der Waals surface area contributed by atoms with Crippen molar-refractivity contribution in [1.29, 1.82) is 0 Å². The number of carbonyl (C=O) groups excluding carboxylic acids is 3. The minimum atomic E-state index is -0.556. The Morgan fingerprint density at radius 1 is 0.719 bits per heavy atom. The predicted octanol–water partition coefficient (Wildman–Crippen LogP) is 6.53. The van der Waals surface area contributed by atoms with E-state index in [9.17, 15) is 18.8 Å². The first kappa shape index (κ1) is 38.4. The van der Waals surface area contributed by atoms with Gasteiger partial charge in [-0.1, -0.05) is 48.5 Å². The first-order valence-electron chi connectivity index (χ1n) is 20.4. The fourth-order valence-electron chi connectivity index (χ4n) is 8.92. The van der Waals surface area contributed by atoms with E-state index < -0.39 is 11.9 Å². The van der Waals surface area contributed by atoms with Crippen LogP contribution in [0.1, 0.15) is 64.2 Å². The summed E-state index contributed by atoms with van der Waals surface area (Å²) < 4.78 is 30.2. The van der Waals surface area contributed by atoms with Crippen molar-refractivity contribution in [2.75, 3.05) is 41.7 Å². The zero-order valence-corrected chi connectivity index (χ0v) is 32.1. The van der Waals surface area contributed by atoms with Crippen molar-refractivity contribution in [3.05, 3.63) is 90.6 Å². The molecule has 1 aromatic heterocycles. The number of amides is 3. The number of aromatic nitrogens is 2. The quantitative estimate of drug-likeness (QED) is 0.133. The summed E-state index contributed by atoms with van der Waals surface area (Å²) in [6, 6.07) is 22.9. The molecule has 3 heterocycles. The smallest absolute Gasteiger partial charge is 0.249 e. The molecule has 13 heteroatoms.